The Morgan fingerprint density at radius 2 is 1.95 bits per heavy atom. The molecule has 0 fully saturated rings. The predicted molar refractivity (Wildman–Crippen MR) is 82.9 cm³/mol. The van der Waals surface area contributed by atoms with E-state index >= 15 is 0 Å². The molecule has 1 N–H and O–H groups in total. The third-order valence-electron chi connectivity index (χ3n) is 3.73. The summed E-state index contributed by atoms with van der Waals surface area (Å²) in [5.74, 6) is -0.878. The Bertz CT molecular complexity index is 823. The highest BCUT2D eigenvalue weighted by Crippen LogP contribution is 2.34. The van der Waals surface area contributed by atoms with E-state index < -0.39 is 5.97 Å². The van der Waals surface area contributed by atoms with Gasteiger partial charge in [-0.15, -0.1) is 0 Å². The van der Waals surface area contributed by atoms with Crippen molar-refractivity contribution in [2.24, 2.45) is 0 Å². The Labute approximate surface area is 125 Å². The van der Waals surface area contributed by atoms with Gasteiger partial charge < -0.3 is 10.0 Å². The number of aromatic carboxylic acids is 1. The molecule has 4 nitrogen and oxygen atoms in total. The van der Waals surface area contributed by atoms with Gasteiger partial charge in [0, 0.05) is 13.1 Å². The van der Waals surface area contributed by atoms with Crippen molar-refractivity contribution < 1.29 is 9.90 Å². The minimum Gasteiger partial charge on any atom is -0.478 e. The molecule has 0 spiro atoms. The van der Waals surface area contributed by atoms with Gasteiger partial charge in [-0.25, -0.2) is 9.78 Å². The fourth-order valence-corrected chi connectivity index (χ4v) is 3.62. The van der Waals surface area contributed by atoms with Gasteiger partial charge in [0.25, 0.3) is 0 Å². The number of para-hydroxylation sites is 1. The Balaban J connectivity index is 1.68. The molecule has 0 bridgehead atoms. The molecular formula is C16H12N2O2S. The van der Waals surface area contributed by atoms with E-state index in [1.54, 1.807) is 23.5 Å². The molecule has 0 unspecified atom stereocenters. The topological polar surface area (TPSA) is 53.4 Å². The van der Waals surface area contributed by atoms with Gasteiger partial charge in [0.15, 0.2) is 5.13 Å². The number of carbonyl (C=O) groups is 1. The Morgan fingerprint density at radius 3 is 2.76 bits per heavy atom. The van der Waals surface area contributed by atoms with Gasteiger partial charge in [-0.3, -0.25) is 0 Å². The van der Waals surface area contributed by atoms with Crippen LogP contribution in [0.1, 0.15) is 21.5 Å². The summed E-state index contributed by atoms with van der Waals surface area (Å²) in [6.07, 6.45) is 0. The first-order valence-corrected chi connectivity index (χ1v) is 7.48. The number of fused-ring (bicyclic) bond motifs is 2. The Morgan fingerprint density at radius 1 is 1.14 bits per heavy atom. The number of aromatic nitrogens is 1. The van der Waals surface area contributed by atoms with Crippen LogP contribution in [0.3, 0.4) is 0 Å². The molecule has 0 amide bonds. The number of nitrogens with zero attached hydrogens (tertiary/aromatic N) is 2. The van der Waals surface area contributed by atoms with Crippen molar-refractivity contribution in [1.29, 1.82) is 0 Å². The van der Waals surface area contributed by atoms with Gasteiger partial charge in [-0.05, 0) is 35.4 Å². The van der Waals surface area contributed by atoms with E-state index in [9.17, 15) is 4.79 Å². The van der Waals surface area contributed by atoms with Crippen molar-refractivity contribution in [2.45, 2.75) is 13.1 Å². The summed E-state index contributed by atoms with van der Waals surface area (Å²) in [7, 11) is 0. The van der Waals surface area contributed by atoms with Crippen molar-refractivity contribution >= 4 is 32.7 Å². The minimum absolute atomic E-state index is 0.347. The van der Waals surface area contributed by atoms with E-state index in [0.717, 1.165) is 29.3 Å². The van der Waals surface area contributed by atoms with Crippen LogP contribution in [0.4, 0.5) is 5.13 Å². The molecule has 21 heavy (non-hydrogen) atoms. The van der Waals surface area contributed by atoms with Crippen molar-refractivity contribution in [3.63, 3.8) is 0 Å². The highest BCUT2D eigenvalue weighted by Gasteiger charge is 2.22. The average Bonchev–Trinajstić information content (AvgIpc) is 3.09. The smallest absolute Gasteiger partial charge is 0.335 e. The summed E-state index contributed by atoms with van der Waals surface area (Å²) in [4.78, 5) is 17.9. The van der Waals surface area contributed by atoms with Crippen molar-refractivity contribution in [1.82, 2.24) is 4.98 Å². The van der Waals surface area contributed by atoms with Gasteiger partial charge in [0.2, 0.25) is 0 Å². The molecule has 0 aliphatic carbocycles. The second kappa shape index (κ2) is 4.56. The first-order chi connectivity index (χ1) is 10.2. The maximum atomic E-state index is 11.0. The fourth-order valence-electron chi connectivity index (χ4n) is 2.66. The SMILES string of the molecule is O=C(O)c1ccc2c(c1)CN(c1nc3ccccc3s1)C2. The lowest BCUT2D eigenvalue weighted by Gasteiger charge is -2.12. The van der Waals surface area contributed by atoms with Crippen LogP contribution in [0.5, 0.6) is 0 Å². The molecule has 104 valence electrons. The number of hydrogen-bond donors (Lipinski definition) is 1. The summed E-state index contributed by atoms with van der Waals surface area (Å²) in [6, 6.07) is 13.4. The number of thiazole rings is 1. The second-order valence-electron chi connectivity index (χ2n) is 5.11. The molecule has 0 saturated carbocycles. The van der Waals surface area contributed by atoms with E-state index in [2.05, 4.69) is 16.0 Å². The third kappa shape index (κ3) is 2.06. The monoisotopic (exact) mass is 296 g/mol. The lowest BCUT2D eigenvalue weighted by molar-refractivity contribution is 0.0697. The molecule has 0 radical (unpaired) electrons. The number of hydrogen-bond acceptors (Lipinski definition) is 4. The highest BCUT2D eigenvalue weighted by atomic mass is 32.1. The third-order valence-corrected chi connectivity index (χ3v) is 4.83. The maximum absolute atomic E-state index is 11.0. The fraction of sp³-hybridized carbons (Fsp3) is 0.125. The zero-order chi connectivity index (χ0) is 14.4. The molecule has 0 atom stereocenters. The van der Waals surface area contributed by atoms with E-state index in [4.69, 9.17) is 5.11 Å². The summed E-state index contributed by atoms with van der Waals surface area (Å²) >= 11 is 1.67. The van der Waals surface area contributed by atoms with Gasteiger partial charge >= 0.3 is 5.97 Å². The van der Waals surface area contributed by atoms with Crippen LogP contribution in [-0.2, 0) is 13.1 Å². The van der Waals surface area contributed by atoms with Crippen LogP contribution >= 0.6 is 11.3 Å². The number of carboxylic acids is 1. The van der Waals surface area contributed by atoms with E-state index in [1.807, 2.05) is 24.3 Å². The van der Waals surface area contributed by atoms with E-state index in [-0.39, 0.29) is 0 Å². The average molecular weight is 296 g/mol. The Hall–Kier alpha value is -2.40. The second-order valence-corrected chi connectivity index (χ2v) is 6.12. The number of carboxylic acid groups (broad SMARTS) is 1. The van der Waals surface area contributed by atoms with Crippen molar-refractivity contribution in [3.8, 4) is 0 Å². The van der Waals surface area contributed by atoms with Crippen LogP contribution in [0, 0.1) is 0 Å². The standard InChI is InChI=1S/C16H12N2O2S/c19-15(20)10-5-6-11-8-18(9-12(11)7-10)16-17-13-3-1-2-4-14(13)21-16/h1-7H,8-9H2,(H,19,20). The number of benzene rings is 2. The van der Waals surface area contributed by atoms with E-state index in [0.29, 0.717) is 5.56 Å². The molecule has 0 saturated heterocycles. The van der Waals surface area contributed by atoms with Crippen LogP contribution in [0.15, 0.2) is 42.5 Å². The zero-order valence-corrected chi connectivity index (χ0v) is 11.9. The first-order valence-electron chi connectivity index (χ1n) is 6.66. The Kier molecular flexibility index (Phi) is 2.68. The molecular weight excluding hydrogens is 284 g/mol. The summed E-state index contributed by atoms with van der Waals surface area (Å²) in [5.41, 5.74) is 3.62. The predicted octanol–water partition coefficient (Wildman–Crippen LogP) is 3.51. The highest BCUT2D eigenvalue weighted by molar-refractivity contribution is 7.22. The van der Waals surface area contributed by atoms with Crippen LogP contribution in [-0.4, -0.2) is 16.1 Å². The lowest BCUT2D eigenvalue weighted by Crippen LogP contribution is -2.13. The van der Waals surface area contributed by atoms with Crippen LogP contribution in [0.2, 0.25) is 0 Å². The summed E-state index contributed by atoms with van der Waals surface area (Å²) < 4.78 is 1.18. The first kappa shape index (κ1) is 12.3. The van der Waals surface area contributed by atoms with Crippen LogP contribution in [0.25, 0.3) is 10.2 Å². The number of anilines is 1. The zero-order valence-electron chi connectivity index (χ0n) is 11.1. The van der Waals surface area contributed by atoms with Crippen LogP contribution < -0.4 is 4.90 Å². The molecule has 3 aromatic rings. The van der Waals surface area contributed by atoms with Gasteiger partial charge in [0.05, 0.1) is 15.8 Å². The maximum Gasteiger partial charge on any atom is 0.335 e. The number of rotatable bonds is 2. The molecule has 1 aliphatic rings. The van der Waals surface area contributed by atoms with Gasteiger partial charge in [-0.2, -0.15) is 0 Å². The minimum atomic E-state index is -0.878. The van der Waals surface area contributed by atoms with Crippen molar-refractivity contribution in [3.05, 3.63) is 59.2 Å². The molecule has 2 heterocycles. The van der Waals surface area contributed by atoms with Crippen molar-refractivity contribution in [2.75, 3.05) is 4.90 Å². The van der Waals surface area contributed by atoms with E-state index in [1.165, 1.54) is 10.3 Å². The summed E-state index contributed by atoms with van der Waals surface area (Å²) in [5, 5.41) is 10.1. The molecule has 2 aromatic carbocycles. The largest absolute Gasteiger partial charge is 0.478 e. The normalized spacial score (nSPS) is 13.6. The molecule has 1 aromatic heterocycles. The lowest BCUT2D eigenvalue weighted by atomic mass is 10.1. The molecule has 1 aliphatic heterocycles. The van der Waals surface area contributed by atoms with Gasteiger partial charge in [0.1, 0.15) is 0 Å². The summed E-state index contributed by atoms with van der Waals surface area (Å²) in [6.45, 7) is 1.51. The molecule has 5 heteroatoms. The quantitative estimate of drug-likeness (QED) is 0.786. The molecule has 4 rings (SSSR count). The van der Waals surface area contributed by atoms with Gasteiger partial charge in [-0.1, -0.05) is 29.5 Å².